The fourth-order valence-corrected chi connectivity index (χ4v) is 3.51. The number of unbranched alkanes of at least 4 members (excludes halogenated alkanes) is 3. The van der Waals surface area contributed by atoms with Crippen molar-refractivity contribution < 1.29 is 24.1 Å². The number of carboxylic acid groups (broad SMARTS) is 1. The lowest BCUT2D eigenvalue weighted by Crippen LogP contribution is -2.06. The van der Waals surface area contributed by atoms with Gasteiger partial charge in [0.05, 0.1) is 21.3 Å². The van der Waals surface area contributed by atoms with Gasteiger partial charge in [0.2, 0.25) is 5.75 Å². The maximum Gasteiger partial charge on any atom is 0.354 e. The van der Waals surface area contributed by atoms with Gasteiger partial charge in [0.15, 0.2) is 22.3 Å². The minimum absolute atomic E-state index is 0.0639. The van der Waals surface area contributed by atoms with Crippen molar-refractivity contribution in [2.45, 2.75) is 37.8 Å². The van der Waals surface area contributed by atoms with Crippen LogP contribution in [0.1, 0.15) is 43.1 Å². The summed E-state index contributed by atoms with van der Waals surface area (Å²) in [5.41, 5.74) is 0.555. The lowest BCUT2D eigenvalue weighted by atomic mass is 10.2. The molecule has 1 heterocycles. The van der Waals surface area contributed by atoms with E-state index in [0.717, 1.165) is 18.6 Å². The van der Waals surface area contributed by atoms with Gasteiger partial charge >= 0.3 is 5.97 Å². The Morgan fingerprint density at radius 3 is 2.28 bits per heavy atom. The molecule has 0 spiro atoms. The number of carbonyl (C=O) groups is 1. The number of benzene rings is 1. The fourth-order valence-electron chi connectivity index (χ4n) is 2.66. The minimum atomic E-state index is -1.10. The van der Waals surface area contributed by atoms with Gasteiger partial charge < -0.3 is 24.6 Å². The summed E-state index contributed by atoms with van der Waals surface area (Å²) < 4.78 is 16.0. The Balaban J connectivity index is 2.26. The van der Waals surface area contributed by atoms with Gasteiger partial charge in [-0.25, -0.2) is 14.8 Å². The van der Waals surface area contributed by atoms with Gasteiger partial charge in [0.25, 0.3) is 0 Å². The second-order valence-corrected chi connectivity index (χ2v) is 7.24. The van der Waals surface area contributed by atoms with Gasteiger partial charge in [0.1, 0.15) is 5.82 Å². The first-order valence-electron chi connectivity index (χ1n) is 9.34. The Labute approximate surface area is 175 Å². The van der Waals surface area contributed by atoms with Crippen molar-refractivity contribution in [3.8, 4) is 17.2 Å². The maximum atomic E-state index is 11.5. The number of hydrogen-bond donors (Lipinski definition) is 2. The van der Waals surface area contributed by atoms with Crippen molar-refractivity contribution in [1.82, 2.24) is 9.97 Å². The highest BCUT2D eigenvalue weighted by atomic mass is 32.2. The molecule has 9 heteroatoms. The molecule has 1 aromatic carbocycles. The monoisotopic (exact) mass is 421 g/mol. The average molecular weight is 422 g/mol. The highest BCUT2D eigenvalue weighted by molar-refractivity contribution is 7.99. The van der Waals surface area contributed by atoms with Gasteiger partial charge in [-0.15, -0.1) is 0 Å². The summed E-state index contributed by atoms with van der Waals surface area (Å²) in [6.07, 6.45) is 4.52. The van der Waals surface area contributed by atoms with E-state index in [1.165, 1.54) is 52.0 Å². The van der Waals surface area contributed by atoms with E-state index >= 15 is 0 Å². The van der Waals surface area contributed by atoms with E-state index in [1.807, 2.05) is 0 Å². The molecule has 29 heavy (non-hydrogen) atoms. The standard InChI is InChI=1S/C20H27N3O5S/c1-5-6-7-8-9-29-20-22-14(19(24)25)12-17(23-20)21-13-10-15(26-2)18(28-4)16(11-13)27-3/h10-12H,5-9H2,1-4H3,(H,24,25)(H,21,22,23). The number of hydrogen-bond acceptors (Lipinski definition) is 8. The maximum absolute atomic E-state index is 11.5. The molecule has 0 saturated heterocycles. The summed E-state index contributed by atoms with van der Waals surface area (Å²) in [6.45, 7) is 2.16. The summed E-state index contributed by atoms with van der Waals surface area (Å²) in [6, 6.07) is 4.84. The van der Waals surface area contributed by atoms with Crippen molar-refractivity contribution in [1.29, 1.82) is 0 Å². The molecule has 0 atom stereocenters. The Hall–Kier alpha value is -2.68. The molecule has 1 aromatic heterocycles. The zero-order valence-corrected chi connectivity index (χ0v) is 18.0. The van der Waals surface area contributed by atoms with Gasteiger partial charge in [0, 0.05) is 29.6 Å². The smallest absolute Gasteiger partial charge is 0.354 e. The lowest BCUT2D eigenvalue weighted by Gasteiger charge is -2.15. The molecule has 0 aliphatic carbocycles. The highest BCUT2D eigenvalue weighted by Crippen LogP contribution is 2.40. The minimum Gasteiger partial charge on any atom is -0.493 e. The third-order valence-corrected chi connectivity index (χ3v) is 5.02. The van der Waals surface area contributed by atoms with Crippen LogP contribution in [0.5, 0.6) is 17.2 Å². The number of ether oxygens (including phenoxy) is 3. The number of nitrogens with zero attached hydrogens (tertiary/aromatic N) is 2. The van der Waals surface area contributed by atoms with E-state index in [4.69, 9.17) is 14.2 Å². The third kappa shape index (κ3) is 6.42. The normalized spacial score (nSPS) is 10.5. The van der Waals surface area contributed by atoms with Gasteiger partial charge in [-0.05, 0) is 6.42 Å². The number of methoxy groups -OCH3 is 3. The second-order valence-electron chi connectivity index (χ2n) is 6.17. The first-order valence-corrected chi connectivity index (χ1v) is 10.3. The summed E-state index contributed by atoms with van der Waals surface area (Å²) in [7, 11) is 4.59. The van der Waals surface area contributed by atoms with Crippen LogP contribution in [0.3, 0.4) is 0 Å². The first kappa shape index (κ1) is 22.6. The molecule has 0 bridgehead atoms. The summed E-state index contributed by atoms with van der Waals surface area (Å²) in [5.74, 6) is 1.54. The van der Waals surface area contributed by atoms with E-state index in [1.54, 1.807) is 12.1 Å². The molecule has 158 valence electrons. The van der Waals surface area contributed by atoms with E-state index in [9.17, 15) is 9.90 Å². The molecule has 0 radical (unpaired) electrons. The van der Waals surface area contributed by atoms with Crippen LogP contribution < -0.4 is 19.5 Å². The molecule has 0 amide bonds. The van der Waals surface area contributed by atoms with E-state index < -0.39 is 5.97 Å². The summed E-state index contributed by atoms with van der Waals surface area (Å²) in [4.78, 5) is 20.1. The average Bonchev–Trinajstić information content (AvgIpc) is 2.72. The van der Waals surface area contributed by atoms with Crippen LogP contribution in [0.2, 0.25) is 0 Å². The summed E-state index contributed by atoms with van der Waals surface area (Å²) in [5, 5.41) is 12.9. The predicted octanol–water partition coefficient (Wildman–Crippen LogP) is 4.62. The van der Waals surface area contributed by atoms with E-state index in [2.05, 4.69) is 22.2 Å². The topological polar surface area (TPSA) is 103 Å². The van der Waals surface area contributed by atoms with Crippen molar-refractivity contribution in [2.24, 2.45) is 0 Å². The molecule has 0 saturated carbocycles. The molecule has 0 fully saturated rings. The van der Waals surface area contributed by atoms with Gasteiger partial charge in [-0.2, -0.15) is 0 Å². The van der Waals surface area contributed by atoms with Crippen LogP contribution >= 0.6 is 11.8 Å². The second kappa shape index (κ2) is 11.4. The Morgan fingerprint density at radius 2 is 1.72 bits per heavy atom. The predicted molar refractivity (Wildman–Crippen MR) is 113 cm³/mol. The number of anilines is 2. The highest BCUT2D eigenvalue weighted by Gasteiger charge is 2.15. The van der Waals surface area contributed by atoms with Crippen LogP contribution in [0.25, 0.3) is 0 Å². The lowest BCUT2D eigenvalue weighted by molar-refractivity contribution is 0.0689. The van der Waals surface area contributed by atoms with E-state index in [-0.39, 0.29) is 5.69 Å². The first-order chi connectivity index (χ1) is 14.0. The van der Waals surface area contributed by atoms with Crippen LogP contribution in [-0.2, 0) is 0 Å². The van der Waals surface area contributed by atoms with Gasteiger partial charge in [-0.1, -0.05) is 37.9 Å². The van der Waals surface area contributed by atoms with Crippen molar-refractivity contribution in [3.63, 3.8) is 0 Å². The molecular formula is C20H27N3O5S. The summed E-state index contributed by atoms with van der Waals surface area (Å²) >= 11 is 1.45. The number of rotatable bonds is 12. The zero-order chi connectivity index (χ0) is 21.2. The molecule has 0 aliphatic rings. The fraction of sp³-hybridized carbons (Fsp3) is 0.450. The molecular weight excluding hydrogens is 394 g/mol. The molecule has 0 aliphatic heterocycles. The molecule has 2 N–H and O–H groups in total. The quantitative estimate of drug-likeness (QED) is 0.289. The zero-order valence-electron chi connectivity index (χ0n) is 17.2. The van der Waals surface area contributed by atoms with Crippen LogP contribution in [0, 0.1) is 0 Å². The third-order valence-electron chi connectivity index (χ3n) is 4.09. The molecule has 2 aromatic rings. The number of carboxylic acids is 1. The van der Waals surface area contributed by atoms with E-state index in [0.29, 0.717) is 33.9 Å². The largest absolute Gasteiger partial charge is 0.493 e. The van der Waals surface area contributed by atoms with Crippen molar-refractivity contribution >= 4 is 29.2 Å². The Bertz CT molecular complexity index is 807. The van der Waals surface area contributed by atoms with Crippen LogP contribution in [0.4, 0.5) is 11.5 Å². The van der Waals surface area contributed by atoms with Crippen molar-refractivity contribution in [3.05, 3.63) is 23.9 Å². The number of thioether (sulfide) groups is 1. The van der Waals surface area contributed by atoms with Crippen LogP contribution in [-0.4, -0.2) is 48.1 Å². The van der Waals surface area contributed by atoms with Gasteiger partial charge in [-0.3, -0.25) is 0 Å². The molecule has 8 nitrogen and oxygen atoms in total. The number of aromatic carboxylic acids is 1. The Kier molecular flexibility index (Phi) is 8.85. The number of aromatic nitrogens is 2. The number of nitrogens with one attached hydrogen (secondary N) is 1. The van der Waals surface area contributed by atoms with Crippen molar-refractivity contribution in [2.75, 3.05) is 32.4 Å². The Morgan fingerprint density at radius 1 is 1.03 bits per heavy atom. The van der Waals surface area contributed by atoms with Crippen LogP contribution in [0.15, 0.2) is 23.4 Å². The molecule has 0 unspecified atom stereocenters. The SMILES string of the molecule is CCCCCCSc1nc(Nc2cc(OC)c(OC)c(OC)c2)cc(C(=O)O)n1. The molecule has 2 rings (SSSR count).